The number of carbonyl (C=O) groups is 2. The molecule has 0 radical (unpaired) electrons. The minimum absolute atomic E-state index is 0.133. The van der Waals surface area contributed by atoms with E-state index >= 15 is 0 Å². The Kier molecular flexibility index (Phi) is 6.18. The molecule has 9 heteroatoms. The van der Waals surface area contributed by atoms with E-state index in [2.05, 4.69) is 20.8 Å². The molecule has 0 saturated carbocycles. The number of hydrogen-bond acceptors (Lipinski definition) is 5. The Morgan fingerprint density at radius 3 is 2.66 bits per heavy atom. The number of fused-ring (bicyclic) bond motifs is 1. The highest BCUT2D eigenvalue weighted by molar-refractivity contribution is 7.99. The van der Waals surface area contributed by atoms with Crippen molar-refractivity contribution in [2.24, 2.45) is 0 Å². The van der Waals surface area contributed by atoms with E-state index in [1.165, 1.54) is 30.0 Å². The first kappa shape index (κ1) is 21.5. The molecular formula is C23H20FN5O2S. The van der Waals surface area contributed by atoms with Crippen LogP contribution in [0, 0.1) is 19.7 Å². The Morgan fingerprint density at radius 2 is 1.88 bits per heavy atom. The van der Waals surface area contributed by atoms with Crippen molar-refractivity contribution in [3.8, 4) is 0 Å². The van der Waals surface area contributed by atoms with E-state index < -0.39 is 11.7 Å². The van der Waals surface area contributed by atoms with Crippen molar-refractivity contribution in [3.05, 3.63) is 83.3 Å². The molecule has 0 bridgehead atoms. The van der Waals surface area contributed by atoms with Gasteiger partial charge in [0.25, 0.3) is 5.91 Å². The van der Waals surface area contributed by atoms with Crippen molar-refractivity contribution in [3.63, 3.8) is 0 Å². The summed E-state index contributed by atoms with van der Waals surface area (Å²) in [6.45, 7) is 3.94. The van der Waals surface area contributed by atoms with Crippen LogP contribution in [0.1, 0.15) is 21.5 Å². The van der Waals surface area contributed by atoms with Crippen LogP contribution in [0.15, 0.2) is 66.0 Å². The van der Waals surface area contributed by atoms with Gasteiger partial charge in [-0.15, -0.1) is 10.2 Å². The molecule has 0 atom stereocenters. The van der Waals surface area contributed by atoms with Crippen LogP contribution in [0.25, 0.3) is 5.65 Å². The van der Waals surface area contributed by atoms with Crippen molar-refractivity contribution < 1.29 is 14.0 Å². The van der Waals surface area contributed by atoms with E-state index in [4.69, 9.17) is 0 Å². The maximum atomic E-state index is 13.4. The summed E-state index contributed by atoms with van der Waals surface area (Å²) < 4.78 is 15.0. The number of halogens is 1. The number of rotatable bonds is 6. The lowest BCUT2D eigenvalue weighted by atomic mass is 10.1. The number of carbonyl (C=O) groups excluding carboxylic acids is 2. The zero-order valence-corrected chi connectivity index (χ0v) is 18.2. The number of aromatic nitrogens is 3. The largest absolute Gasteiger partial charge is 0.325 e. The second-order valence-electron chi connectivity index (χ2n) is 7.25. The zero-order chi connectivity index (χ0) is 22.7. The van der Waals surface area contributed by atoms with Crippen LogP contribution in [0.5, 0.6) is 0 Å². The van der Waals surface area contributed by atoms with Crippen LogP contribution in [0.3, 0.4) is 0 Å². The fourth-order valence-electron chi connectivity index (χ4n) is 3.14. The third kappa shape index (κ3) is 4.94. The monoisotopic (exact) mass is 449 g/mol. The molecule has 0 saturated heterocycles. The molecule has 2 heterocycles. The van der Waals surface area contributed by atoms with E-state index in [-0.39, 0.29) is 11.7 Å². The smallest absolute Gasteiger partial charge is 0.257 e. The van der Waals surface area contributed by atoms with Crippen LogP contribution < -0.4 is 10.6 Å². The number of nitrogens with one attached hydrogen (secondary N) is 2. The van der Waals surface area contributed by atoms with Crippen LogP contribution in [0.4, 0.5) is 15.8 Å². The SMILES string of the molecule is Cc1ccc(NC(=O)CSc2nnc3ccc(C(=O)Nc4cccc(F)c4)cn23)c(C)c1. The van der Waals surface area contributed by atoms with Crippen molar-refractivity contribution in [2.75, 3.05) is 16.4 Å². The molecule has 0 unspecified atom stereocenters. The lowest BCUT2D eigenvalue weighted by Crippen LogP contribution is -2.15. The van der Waals surface area contributed by atoms with E-state index in [1.54, 1.807) is 28.8 Å². The third-order valence-electron chi connectivity index (χ3n) is 4.70. The first-order valence-corrected chi connectivity index (χ1v) is 10.8. The highest BCUT2D eigenvalue weighted by Gasteiger charge is 2.13. The van der Waals surface area contributed by atoms with E-state index in [1.807, 2.05) is 32.0 Å². The first-order chi connectivity index (χ1) is 15.4. The number of benzene rings is 2. The lowest BCUT2D eigenvalue weighted by molar-refractivity contribution is -0.113. The van der Waals surface area contributed by atoms with E-state index in [9.17, 15) is 14.0 Å². The van der Waals surface area contributed by atoms with Crippen molar-refractivity contribution in [1.82, 2.24) is 14.6 Å². The molecule has 7 nitrogen and oxygen atoms in total. The average molecular weight is 450 g/mol. The Balaban J connectivity index is 1.45. The highest BCUT2D eigenvalue weighted by atomic mass is 32.2. The normalized spacial score (nSPS) is 10.8. The standard InChI is InChI=1S/C23H20FN5O2S/c1-14-6-8-19(15(2)10-14)26-21(30)13-32-23-28-27-20-9-7-16(12-29(20)23)22(31)25-18-5-3-4-17(24)11-18/h3-12H,13H2,1-2H3,(H,25,31)(H,26,30). The van der Waals surface area contributed by atoms with Gasteiger partial charge in [0.15, 0.2) is 10.8 Å². The van der Waals surface area contributed by atoms with Gasteiger partial charge in [-0.25, -0.2) is 4.39 Å². The van der Waals surface area contributed by atoms with E-state index in [0.717, 1.165) is 16.8 Å². The van der Waals surface area contributed by atoms with Crippen LogP contribution in [0.2, 0.25) is 0 Å². The Labute approximate surface area is 188 Å². The van der Waals surface area contributed by atoms with E-state index in [0.29, 0.717) is 22.1 Å². The minimum atomic E-state index is -0.435. The molecule has 0 aliphatic heterocycles. The molecule has 162 valence electrons. The third-order valence-corrected chi connectivity index (χ3v) is 5.65. The summed E-state index contributed by atoms with van der Waals surface area (Å²) in [7, 11) is 0. The molecule has 0 fully saturated rings. The molecule has 2 N–H and O–H groups in total. The molecule has 0 spiro atoms. The van der Waals surface area contributed by atoms with Gasteiger partial charge in [-0.3, -0.25) is 14.0 Å². The molecule has 32 heavy (non-hydrogen) atoms. The van der Waals surface area contributed by atoms with Gasteiger partial charge in [-0.1, -0.05) is 35.5 Å². The molecule has 2 aromatic carbocycles. The minimum Gasteiger partial charge on any atom is -0.325 e. The summed E-state index contributed by atoms with van der Waals surface area (Å²) in [6.07, 6.45) is 1.59. The fraction of sp³-hybridized carbons (Fsp3) is 0.130. The second kappa shape index (κ2) is 9.19. The van der Waals surface area contributed by atoms with Crippen molar-refractivity contribution >= 4 is 40.6 Å². The van der Waals surface area contributed by atoms with Crippen molar-refractivity contribution in [2.45, 2.75) is 19.0 Å². The van der Waals surface area contributed by atoms with Gasteiger partial charge in [0.05, 0.1) is 11.3 Å². The van der Waals surface area contributed by atoms with Gasteiger partial charge in [0, 0.05) is 17.6 Å². The number of aryl methyl sites for hydroxylation is 2. The predicted molar refractivity (Wildman–Crippen MR) is 123 cm³/mol. The number of hydrogen-bond donors (Lipinski definition) is 2. The Bertz CT molecular complexity index is 1320. The average Bonchev–Trinajstić information content (AvgIpc) is 3.16. The summed E-state index contributed by atoms with van der Waals surface area (Å²) in [5, 5.41) is 14.2. The molecule has 2 aromatic heterocycles. The van der Waals surface area contributed by atoms with Gasteiger partial charge in [-0.2, -0.15) is 0 Å². The Morgan fingerprint density at radius 1 is 1.03 bits per heavy atom. The number of nitrogens with zero attached hydrogens (tertiary/aromatic N) is 3. The second-order valence-corrected chi connectivity index (χ2v) is 8.19. The molecule has 4 rings (SSSR count). The molecule has 0 aliphatic rings. The maximum Gasteiger partial charge on any atom is 0.257 e. The number of amides is 2. The molecule has 0 aliphatic carbocycles. The summed E-state index contributed by atoms with van der Waals surface area (Å²) in [6, 6.07) is 14.8. The first-order valence-electron chi connectivity index (χ1n) is 9.80. The molecule has 4 aromatic rings. The predicted octanol–water partition coefficient (Wildman–Crippen LogP) is 4.47. The van der Waals surface area contributed by atoms with Gasteiger partial charge in [-0.05, 0) is 55.8 Å². The summed E-state index contributed by atoms with van der Waals surface area (Å²) in [4.78, 5) is 25.0. The van der Waals surface area contributed by atoms with Crippen LogP contribution >= 0.6 is 11.8 Å². The van der Waals surface area contributed by atoms with Gasteiger partial charge in [0.1, 0.15) is 5.82 Å². The molecule has 2 amide bonds. The summed E-state index contributed by atoms with van der Waals surface area (Å²) in [5.41, 5.74) is 4.14. The topological polar surface area (TPSA) is 88.4 Å². The highest BCUT2D eigenvalue weighted by Crippen LogP contribution is 2.20. The maximum absolute atomic E-state index is 13.4. The Hall–Kier alpha value is -3.72. The van der Waals surface area contributed by atoms with Gasteiger partial charge < -0.3 is 10.6 Å². The van der Waals surface area contributed by atoms with Crippen LogP contribution in [-0.2, 0) is 4.79 Å². The number of thioether (sulfide) groups is 1. The fourth-order valence-corrected chi connectivity index (χ4v) is 3.86. The summed E-state index contributed by atoms with van der Waals surface area (Å²) >= 11 is 1.22. The number of pyridine rings is 1. The summed E-state index contributed by atoms with van der Waals surface area (Å²) in [5.74, 6) is -0.864. The quantitative estimate of drug-likeness (QED) is 0.424. The zero-order valence-electron chi connectivity index (χ0n) is 17.4. The van der Waals surface area contributed by atoms with Gasteiger partial charge >= 0.3 is 0 Å². The lowest BCUT2D eigenvalue weighted by Gasteiger charge is -2.09. The van der Waals surface area contributed by atoms with Crippen molar-refractivity contribution in [1.29, 1.82) is 0 Å². The number of anilines is 2. The van der Waals surface area contributed by atoms with Gasteiger partial charge in [0.2, 0.25) is 5.91 Å². The van der Waals surface area contributed by atoms with Crippen LogP contribution in [-0.4, -0.2) is 32.2 Å². The molecular weight excluding hydrogens is 429 g/mol.